The maximum absolute atomic E-state index is 12.5. The van der Waals surface area contributed by atoms with Gasteiger partial charge in [-0.1, -0.05) is 19.1 Å². The fourth-order valence-electron chi connectivity index (χ4n) is 2.78. The molecule has 2 heterocycles. The molecule has 0 radical (unpaired) electrons. The van der Waals surface area contributed by atoms with Crippen LogP contribution in [0.25, 0.3) is 11.0 Å². The van der Waals surface area contributed by atoms with Crippen molar-refractivity contribution in [1.82, 2.24) is 20.2 Å². The van der Waals surface area contributed by atoms with Gasteiger partial charge in [-0.2, -0.15) is 0 Å². The SMILES string of the molecule is CCC(C)NC(=O)[C@H](C)NC(=O)N1CCn2c1nc1ccccc12. The van der Waals surface area contributed by atoms with E-state index >= 15 is 0 Å². The second kappa shape index (κ2) is 6.51. The normalized spacial score (nSPS) is 15.9. The molecule has 1 aromatic carbocycles. The van der Waals surface area contributed by atoms with E-state index in [1.165, 1.54) is 0 Å². The molecule has 0 saturated heterocycles. The number of carbonyl (C=O) groups excluding carboxylic acids is 2. The Bertz CT molecular complexity index is 769. The number of amides is 3. The van der Waals surface area contributed by atoms with E-state index in [-0.39, 0.29) is 18.0 Å². The molecule has 24 heavy (non-hydrogen) atoms. The summed E-state index contributed by atoms with van der Waals surface area (Å²) in [6, 6.07) is 7.01. The zero-order valence-corrected chi connectivity index (χ0v) is 14.2. The summed E-state index contributed by atoms with van der Waals surface area (Å²) in [4.78, 5) is 30.7. The summed E-state index contributed by atoms with van der Waals surface area (Å²) < 4.78 is 2.03. The maximum atomic E-state index is 12.5. The van der Waals surface area contributed by atoms with Crippen LogP contribution in [0.1, 0.15) is 27.2 Å². The first-order valence-electron chi connectivity index (χ1n) is 8.35. The molecule has 3 rings (SSSR count). The van der Waals surface area contributed by atoms with Crippen LogP contribution in [0, 0.1) is 0 Å². The molecule has 1 aromatic heterocycles. The molecule has 1 aliphatic heterocycles. The van der Waals surface area contributed by atoms with E-state index in [1.54, 1.807) is 11.8 Å². The largest absolute Gasteiger partial charge is 0.352 e. The van der Waals surface area contributed by atoms with Gasteiger partial charge in [-0.15, -0.1) is 0 Å². The van der Waals surface area contributed by atoms with Crippen molar-refractivity contribution in [2.45, 2.75) is 45.8 Å². The van der Waals surface area contributed by atoms with Gasteiger partial charge in [0, 0.05) is 19.1 Å². The lowest BCUT2D eigenvalue weighted by molar-refractivity contribution is -0.123. The van der Waals surface area contributed by atoms with Gasteiger partial charge in [0.15, 0.2) is 0 Å². The van der Waals surface area contributed by atoms with Gasteiger partial charge in [0.05, 0.1) is 11.0 Å². The van der Waals surface area contributed by atoms with Gasteiger partial charge in [-0.05, 0) is 32.4 Å². The van der Waals surface area contributed by atoms with Crippen molar-refractivity contribution in [2.75, 3.05) is 11.4 Å². The van der Waals surface area contributed by atoms with E-state index < -0.39 is 6.04 Å². The van der Waals surface area contributed by atoms with Gasteiger partial charge in [-0.3, -0.25) is 9.69 Å². The molecule has 0 spiro atoms. The second-order valence-electron chi connectivity index (χ2n) is 6.19. The summed E-state index contributed by atoms with van der Waals surface area (Å²) in [5, 5.41) is 5.63. The monoisotopic (exact) mass is 329 g/mol. The number of hydrogen-bond acceptors (Lipinski definition) is 3. The zero-order valence-electron chi connectivity index (χ0n) is 14.2. The van der Waals surface area contributed by atoms with E-state index in [2.05, 4.69) is 15.6 Å². The number of urea groups is 1. The van der Waals surface area contributed by atoms with Crippen molar-refractivity contribution < 1.29 is 9.59 Å². The first-order chi connectivity index (χ1) is 11.5. The summed E-state index contributed by atoms with van der Waals surface area (Å²) in [7, 11) is 0. The Balaban J connectivity index is 1.70. The van der Waals surface area contributed by atoms with Crippen molar-refractivity contribution in [1.29, 1.82) is 0 Å². The molecular weight excluding hydrogens is 306 g/mol. The minimum atomic E-state index is -0.593. The first kappa shape index (κ1) is 16.3. The number of anilines is 1. The lowest BCUT2D eigenvalue weighted by atomic mass is 10.2. The average molecular weight is 329 g/mol. The Hall–Kier alpha value is -2.57. The summed E-state index contributed by atoms with van der Waals surface area (Å²) >= 11 is 0. The van der Waals surface area contributed by atoms with E-state index in [4.69, 9.17) is 0 Å². The van der Waals surface area contributed by atoms with Gasteiger partial charge in [0.1, 0.15) is 6.04 Å². The van der Waals surface area contributed by atoms with Crippen LogP contribution in [0.4, 0.5) is 10.7 Å². The fraction of sp³-hybridized carbons (Fsp3) is 0.471. The Morgan fingerprint density at radius 2 is 1.96 bits per heavy atom. The fourth-order valence-corrected chi connectivity index (χ4v) is 2.78. The van der Waals surface area contributed by atoms with Crippen LogP contribution >= 0.6 is 0 Å². The number of carbonyl (C=O) groups is 2. The Morgan fingerprint density at radius 3 is 2.71 bits per heavy atom. The second-order valence-corrected chi connectivity index (χ2v) is 6.19. The molecule has 0 saturated carbocycles. The molecule has 2 atom stereocenters. The number of nitrogens with zero attached hydrogens (tertiary/aromatic N) is 3. The highest BCUT2D eigenvalue weighted by atomic mass is 16.2. The van der Waals surface area contributed by atoms with Crippen molar-refractivity contribution >= 4 is 28.9 Å². The van der Waals surface area contributed by atoms with Gasteiger partial charge in [0.2, 0.25) is 11.9 Å². The van der Waals surface area contributed by atoms with Gasteiger partial charge >= 0.3 is 6.03 Å². The van der Waals surface area contributed by atoms with Crippen LogP contribution in [0.15, 0.2) is 24.3 Å². The number of rotatable bonds is 4. The predicted octanol–water partition coefficient (Wildman–Crippen LogP) is 1.87. The van der Waals surface area contributed by atoms with Crippen molar-refractivity contribution in [3.8, 4) is 0 Å². The highest BCUT2D eigenvalue weighted by Gasteiger charge is 2.30. The smallest absolute Gasteiger partial charge is 0.324 e. The molecule has 0 fully saturated rings. The minimum Gasteiger partial charge on any atom is -0.352 e. The number of fused-ring (bicyclic) bond motifs is 3. The summed E-state index contributed by atoms with van der Waals surface area (Å²) in [5.74, 6) is 0.452. The topological polar surface area (TPSA) is 79.3 Å². The van der Waals surface area contributed by atoms with Gasteiger partial charge in [0.25, 0.3) is 0 Å². The first-order valence-corrected chi connectivity index (χ1v) is 8.35. The number of nitrogens with one attached hydrogen (secondary N) is 2. The van der Waals surface area contributed by atoms with Crippen LogP contribution in [-0.4, -0.2) is 40.1 Å². The quantitative estimate of drug-likeness (QED) is 0.899. The Morgan fingerprint density at radius 1 is 1.21 bits per heavy atom. The third-order valence-corrected chi connectivity index (χ3v) is 4.40. The molecule has 7 nitrogen and oxygen atoms in total. The van der Waals surface area contributed by atoms with E-state index in [1.807, 2.05) is 42.7 Å². The third kappa shape index (κ3) is 2.93. The van der Waals surface area contributed by atoms with Gasteiger partial charge in [-0.25, -0.2) is 9.78 Å². The lowest BCUT2D eigenvalue weighted by Crippen LogP contribution is -2.51. The molecule has 1 unspecified atom stereocenters. The van der Waals surface area contributed by atoms with Gasteiger partial charge < -0.3 is 15.2 Å². The maximum Gasteiger partial charge on any atom is 0.324 e. The number of aromatic nitrogens is 2. The van der Waals surface area contributed by atoms with Crippen molar-refractivity contribution in [3.05, 3.63) is 24.3 Å². The van der Waals surface area contributed by atoms with E-state index in [9.17, 15) is 9.59 Å². The summed E-state index contributed by atoms with van der Waals surface area (Å²) in [6.07, 6.45) is 0.850. The van der Waals surface area contributed by atoms with Crippen LogP contribution < -0.4 is 15.5 Å². The summed E-state index contributed by atoms with van der Waals surface area (Å²) in [5.41, 5.74) is 1.89. The number of benzene rings is 1. The van der Waals surface area contributed by atoms with E-state index in [0.717, 1.165) is 17.5 Å². The molecule has 2 N–H and O–H groups in total. The lowest BCUT2D eigenvalue weighted by Gasteiger charge is -2.20. The number of hydrogen-bond donors (Lipinski definition) is 2. The molecule has 2 aromatic rings. The van der Waals surface area contributed by atoms with Crippen LogP contribution in [0.5, 0.6) is 0 Å². The Kier molecular flexibility index (Phi) is 4.42. The molecule has 0 bridgehead atoms. The third-order valence-electron chi connectivity index (χ3n) is 4.40. The minimum absolute atomic E-state index is 0.0906. The highest BCUT2D eigenvalue weighted by molar-refractivity contribution is 5.96. The summed E-state index contributed by atoms with van der Waals surface area (Å²) in [6.45, 7) is 6.89. The van der Waals surface area contributed by atoms with Crippen LogP contribution in [0.3, 0.4) is 0 Å². The molecule has 128 valence electrons. The van der Waals surface area contributed by atoms with Crippen molar-refractivity contribution in [2.24, 2.45) is 0 Å². The van der Waals surface area contributed by atoms with E-state index in [0.29, 0.717) is 19.0 Å². The zero-order chi connectivity index (χ0) is 17.3. The van der Waals surface area contributed by atoms with Crippen LogP contribution in [0.2, 0.25) is 0 Å². The predicted molar refractivity (Wildman–Crippen MR) is 93.0 cm³/mol. The number of imidazole rings is 1. The molecular formula is C17H23N5O2. The van der Waals surface area contributed by atoms with Crippen LogP contribution in [-0.2, 0) is 11.3 Å². The molecule has 1 aliphatic rings. The molecule has 3 amide bonds. The average Bonchev–Trinajstić information content (AvgIpc) is 3.13. The van der Waals surface area contributed by atoms with Crippen molar-refractivity contribution in [3.63, 3.8) is 0 Å². The molecule has 0 aliphatic carbocycles. The Labute approximate surface area is 141 Å². The molecule has 7 heteroatoms. The highest BCUT2D eigenvalue weighted by Crippen LogP contribution is 2.26. The standard InChI is InChI=1S/C17H23N5O2/c1-4-11(2)18-15(23)12(3)19-17(24)22-10-9-21-14-8-6-5-7-13(14)20-16(21)22/h5-8,11-12H,4,9-10H2,1-3H3,(H,18,23)(H,19,24)/t11?,12-/m0/s1. The number of para-hydroxylation sites is 2.